The van der Waals surface area contributed by atoms with Crippen LogP contribution in [0.5, 0.6) is 5.75 Å². The van der Waals surface area contributed by atoms with Gasteiger partial charge in [-0.3, -0.25) is 0 Å². The van der Waals surface area contributed by atoms with Crippen molar-refractivity contribution in [3.63, 3.8) is 0 Å². The minimum absolute atomic E-state index is 0.0222. The molecule has 1 rings (SSSR count). The predicted molar refractivity (Wildman–Crippen MR) is 53.1 cm³/mol. The number of rotatable bonds is 5. The molecule has 0 radical (unpaired) electrons. The molecule has 0 heterocycles. The molecule has 0 aliphatic rings. The van der Waals surface area contributed by atoms with E-state index >= 15 is 0 Å². The van der Waals surface area contributed by atoms with Crippen molar-refractivity contribution in [3.8, 4) is 5.75 Å². The summed E-state index contributed by atoms with van der Waals surface area (Å²) in [5.41, 5.74) is 0.674. The molecule has 0 amide bonds. The van der Waals surface area contributed by atoms with Crippen LogP contribution in [0.15, 0.2) is 24.3 Å². The topological polar surface area (TPSA) is 29.5 Å². The first kappa shape index (κ1) is 12.8. The van der Waals surface area contributed by atoms with E-state index in [1.807, 2.05) is 0 Å². The molecular formula is C11H13F3O2. The Balaban J connectivity index is 2.32. The number of ether oxygens (including phenoxy) is 1. The van der Waals surface area contributed by atoms with Crippen LogP contribution in [0.1, 0.15) is 18.4 Å². The van der Waals surface area contributed by atoms with Gasteiger partial charge in [0, 0.05) is 6.42 Å². The highest BCUT2D eigenvalue weighted by molar-refractivity contribution is 5.27. The van der Waals surface area contributed by atoms with E-state index in [2.05, 4.69) is 0 Å². The maximum Gasteiger partial charge on any atom is 0.389 e. The Kier molecular flexibility index (Phi) is 4.61. The van der Waals surface area contributed by atoms with Gasteiger partial charge < -0.3 is 9.84 Å². The summed E-state index contributed by atoms with van der Waals surface area (Å²) in [6.07, 6.45) is -5.03. The highest BCUT2D eigenvalue weighted by Crippen LogP contribution is 2.21. The molecular weight excluding hydrogens is 221 g/mol. The predicted octanol–water partition coefficient (Wildman–Crippen LogP) is 2.90. The molecule has 1 N–H and O–H groups in total. The molecule has 0 bridgehead atoms. The van der Waals surface area contributed by atoms with E-state index in [4.69, 9.17) is 9.84 Å². The Morgan fingerprint density at radius 1 is 1.25 bits per heavy atom. The quantitative estimate of drug-likeness (QED) is 0.794. The highest BCUT2D eigenvalue weighted by Gasteiger charge is 2.26. The minimum atomic E-state index is -4.13. The van der Waals surface area contributed by atoms with Crippen LogP contribution in [0.2, 0.25) is 0 Å². The average molecular weight is 234 g/mol. The van der Waals surface area contributed by atoms with Crippen LogP contribution >= 0.6 is 0 Å². The van der Waals surface area contributed by atoms with Gasteiger partial charge in [0.2, 0.25) is 0 Å². The Morgan fingerprint density at radius 3 is 2.62 bits per heavy atom. The van der Waals surface area contributed by atoms with Crippen molar-refractivity contribution in [2.75, 3.05) is 6.61 Å². The molecule has 5 heteroatoms. The first-order valence-electron chi connectivity index (χ1n) is 4.90. The fourth-order valence-corrected chi connectivity index (χ4v) is 1.20. The summed E-state index contributed by atoms with van der Waals surface area (Å²) >= 11 is 0. The van der Waals surface area contributed by atoms with Crippen LogP contribution in [0.4, 0.5) is 13.2 Å². The van der Waals surface area contributed by atoms with Crippen LogP contribution < -0.4 is 4.74 Å². The third-order valence-corrected chi connectivity index (χ3v) is 1.95. The summed E-state index contributed by atoms with van der Waals surface area (Å²) in [6, 6.07) is 6.65. The van der Waals surface area contributed by atoms with Gasteiger partial charge in [-0.15, -0.1) is 0 Å². The summed E-state index contributed by atoms with van der Waals surface area (Å²) in [4.78, 5) is 0. The molecule has 16 heavy (non-hydrogen) atoms. The van der Waals surface area contributed by atoms with Gasteiger partial charge in [-0.25, -0.2) is 0 Å². The number of alkyl halides is 3. The number of aliphatic hydroxyl groups is 1. The molecule has 0 saturated carbocycles. The zero-order valence-electron chi connectivity index (χ0n) is 8.63. The van der Waals surface area contributed by atoms with E-state index in [9.17, 15) is 13.2 Å². The van der Waals surface area contributed by atoms with Crippen molar-refractivity contribution in [2.45, 2.75) is 25.6 Å². The van der Waals surface area contributed by atoms with E-state index in [0.717, 1.165) is 0 Å². The van der Waals surface area contributed by atoms with Crippen LogP contribution in [-0.2, 0) is 6.61 Å². The number of hydrogen-bond donors (Lipinski definition) is 1. The van der Waals surface area contributed by atoms with Gasteiger partial charge in [0.25, 0.3) is 0 Å². The number of benzene rings is 1. The van der Waals surface area contributed by atoms with Gasteiger partial charge in [0.15, 0.2) is 0 Å². The number of hydrogen-bond acceptors (Lipinski definition) is 2. The summed E-state index contributed by atoms with van der Waals surface area (Å²) in [7, 11) is 0. The molecule has 0 saturated heterocycles. The normalized spacial score (nSPS) is 11.5. The van der Waals surface area contributed by atoms with Crippen molar-refractivity contribution >= 4 is 0 Å². The van der Waals surface area contributed by atoms with Crippen molar-refractivity contribution in [1.29, 1.82) is 0 Å². The Bertz CT molecular complexity index is 323. The molecule has 0 fully saturated rings. The van der Waals surface area contributed by atoms with E-state index in [0.29, 0.717) is 11.3 Å². The van der Waals surface area contributed by atoms with Crippen molar-refractivity contribution in [1.82, 2.24) is 0 Å². The maximum atomic E-state index is 11.8. The van der Waals surface area contributed by atoms with Crippen molar-refractivity contribution in [3.05, 3.63) is 29.8 Å². The summed E-state index contributed by atoms with van der Waals surface area (Å²) in [5, 5.41) is 8.84. The van der Waals surface area contributed by atoms with E-state index in [1.165, 1.54) is 0 Å². The molecule has 0 aliphatic carbocycles. The zero-order chi connectivity index (χ0) is 12.0. The third-order valence-electron chi connectivity index (χ3n) is 1.95. The molecule has 0 aromatic heterocycles. The molecule has 0 unspecified atom stereocenters. The first-order valence-corrected chi connectivity index (χ1v) is 4.90. The average Bonchev–Trinajstić information content (AvgIpc) is 2.23. The van der Waals surface area contributed by atoms with Crippen LogP contribution in [-0.4, -0.2) is 17.9 Å². The van der Waals surface area contributed by atoms with Gasteiger partial charge in [0.1, 0.15) is 5.75 Å². The van der Waals surface area contributed by atoms with Crippen molar-refractivity contribution in [2.24, 2.45) is 0 Å². The second-order valence-electron chi connectivity index (χ2n) is 3.37. The molecule has 0 atom stereocenters. The lowest BCUT2D eigenvalue weighted by atomic mass is 10.2. The maximum absolute atomic E-state index is 11.8. The molecule has 90 valence electrons. The van der Waals surface area contributed by atoms with Crippen molar-refractivity contribution < 1.29 is 23.0 Å². The van der Waals surface area contributed by atoms with E-state index in [1.54, 1.807) is 24.3 Å². The molecule has 0 aliphatic heterocycles. The molecule has 1 aromatic rings. The van der Waals surface area contributed by atoms with E-state index < -0.39 is 12.6 Å². The van der Waals surface area contributed by atoms with Crippen LogP contribution in [0.3, 0.4) is 0 Å². The molecule has 2 nitrogen and oxygen atoms in total. The fourth-order valence-electron chi connectivity index (χ4n) is 1.20. The Morgan fingerprint density at radius 2 is 2.00 bits per heavy atom. The lowest BCUT2D eigenvalue weighted by Gasteiger charge is -2.08. The van der Waals surface area contributed by atoms with E-state index in [-0.39, 0.29) is 19.6 Å². The third kappa shape index (κ3) is 5.02. The van der Waals surface area contributed by atoms with Gasteiger partial charge >= 0.3 is 6.18 Å². The minimum Gasteiger partial charge on any atom is -0.494 e. The second-order valence-corrected chi connectivity index (χ2v) is 3.37. The standard InChI is InChI=1S/C11H13F3O2/c12-11(13,14)5-2-6-16-10-4-1-3-9(7-10)8-15/h1,3-4,7,15H,2,5-6,8H2. The van der Waals surface area contributed by atoms with Gasteiger partial charge in [-0.2, -0.15) is 13.2 Å². The van der Waals surface area contributed by atoms with Crippen LogP contribution in [0, 0.1) is 0 Å². The summed E-state index contributed by atoms with van der Waals surface area (Å²) < 4.78 is 40.6. The van der Waals surface area contributed by atoms with Gasteiger partial charge in [0.05, 0.1) is 13.2 Å². The Hall–Kier alpha value is -1.23. The lowest BCUT2D eigenvalue weighted by Crippen LogP contribution is -2.09. The second kappa shape index (κ2) is 5.75. The first-order chi connectivity index (χ1) is 7.51. The number of aliphatic hydroxyl groups excluding tert-OH is 1. The zero-order valence-corrected chi connectivity index (χ0v) is 8.63. The molecule has 0 spiro atoms. The summed E-state index contributed by atoms with van der Waals surface area (Å²) in [6.45, 7) is -0.0891. The van der Waals surface area contributed by atoms with Crippen LogP contribution in [0.25, 0.3) is 0 Å². The SMILES string of the molecule is OCc1cccc(OCCCC(F)(F)F)c1. The highest BCUT2D eigenvalue weighted by atomic mass is 19.4. The smallest absolute Gasteiger partial charge is 0.389 e. The largest absolute Gasteiger partial charge is 0.494 e. The van der Waals surface area contributed by atoms with Gasteiger partial charge in [-0.1, -0.05) is 12.1 Å². The number of halogens is 3. The van der Waals surface area contributed by atoms with Gasteiger partial charge in [-0.05, 0) is 24.1 Å². The molecule has 1 aromatic carbocycles. The lowest BCUT2D eigenvalue weighted by molar-refractivity contribution is -0.136. The summed E-state index contributed by atoms with van der Waals surface area (Å²) in [5.74, 6) is 0.480. The Labute approximate surface area is 91.7 Å². The monoisotopic (exact) mass is 234 g/mol. The fraction of sp³-hybridized carbons (Fsp3) is 0.455.